The Morgan fingerprint density at radius 2 is 1.74 bits per heavy atom. The molecule has 0 spiro atoms. The Hall–Kier alpha value is -2.78. The summed E-state index contributed by atoms with van der Waals surface area (Å²) in [4.78, 5) is 12.8. The molecule has 0 saturated heterocycles. The van der Waals surface area contributed by atoms with Gasteiger partial charge in [0.1, 0.15) is 11.5 Å². The quantitative estimate of drug-likeness (QED) is 0.385. The molecule has 0 radical (unpaired) electrons. The molecule has 1 aliphatic carbocycles. The van der Waals surface area contributed by atoms with Gasteiger partial charge in [0, 0.05) is 11.1 Å². The lowest BCUT2D eigenvalue weighted by Gasteiger charge is -2.35. The number of anilines is 1. The Labute approximate surface area is 208 Å². The number of ether oxygens (including phenoxy) is 1. The number of carbonyl (C=O) groups is 1. The normalized spacial score (nSPS) is 17.5. The molecular weight excluding hydrogens is 497 g/mol. The van der Waals surface area contributed by atoms with E-state index in [9.17, 15) is 13.2 Å². The average molecular weight is 520 g/mol. The highest BCUT2D eigenvalue weighted by Crippen LogP contribution is 2.31. The summed E-state index contributed by atoms with van der Waals surface area (Å²) in [5, 5.41) is 3.67. The number of benzene rings is 3. The Kier molecular flexibility index (Phi) is 7.33. The zero-order valence-corrected chi connectivity index (χ0v) is 20.3. The van der Waals surface area contributed by atoms with Crippen molar-refractivity contribution in [2.24, 2.45) is 11.7 Å². The lowest BCUT2D eigenvalue weighted by Crippen LogP contribution is -2.46. The number of rotatable bonds is 8. The first-order chi connectivity index (χ1) is 16.2. The van der Waals surface area contributed by atoms with E-state index in [0.29, 0.717) is 34.0 Å². The second kappa shape index (κ2) is 10.2. The molecule has 0 heterocycles. The van der Waals surface area contributed by atoms with Gasteiger partial charge in [-0.2, -0.15) is 0 Å². The predicted molar refractivity (Wildman–Crippen MR) is 133 cm³/mol. The van der Waals surface area contributed by atoms with Crippen molar-refractivity contribution in [3.63, 3.8) is 0 Å². The number of nitrogens with two attached hydrogens (primary N) is 1. The zero-order valence-electron chi connectivity index (χ0n) is 18.0. The van der Waals surface area contributed by atoms with Gasteiger partial charge in [-0.15, -0.1) is 0 Å². The number of hydrogen-bond acceptors (Lipinski definition) is 5. The van der Waals surface area contributed by atoms with E-state index in [2.05, 4.69) is 10.0 Å². The van der Waals surface area contributed by atoms with Crippen LogP contribution in [-0.4, -0.2) is 26.9 Å². The molecule has 0 aromatic heterocycles. The summed E-state index contributed by atoms with van der Waals surface area (Å²) >= 11 is 12.2. The molecule has 10 heteroatoms. The van der Waals surface area contributed by atoms with Crippen LogP contribution >= 0.6 is 23.2 Å². The Balaban J connectivity index is 1.49. The van der Waals surface area contributed by atoms with Gasteiger partial charge in [-0.05, 0) is 79.9 Å². The predicted octanol–water partition coefficient (Wildman–Crippen LogP) is 5.05. The first-order valence-corrected chi connectivity index (χ1v) is 12.8. The van der Waals surface area contributed by atoms with Gasteiger partial charge in [0.15, 0.2) is 0 Å². The maximum absolute atomic E-state index is 13.0. The Morgan fingerprint density at radius 1 is 1.03 bits per heavy atom. The van der Waals surface area contributed by atoms with Gasteiger partial charge >= 0.3 is 0 Å². The van der Waals surface area contributed by atoms with Gasteiger partial charge in [0.2, 0.25) is 0 Å². The summed E-state index contributed by atoms with van der Waals surface area (Å²) in [5.74, 6) is 0.880. The number of halogens is 2. The molecule has 34 heavy (non-hydrogen) atoms. The molecule has 1 saturated carbocycles. The Bertz CT molecular complexity index is 1290. The zero-order chi connectivity index (χ0) is 24.3. The molecule has 178 valence electrons. The van der Waals surface area contributed by atoms with E-state index in [4.69, 9.17) is 33.7 Å². The summed E-state index contributed by atoms with van der Waals surface area (Å²) in [6.45, 7) is 0.580. The third kappa shape index (κ3) is 5.64. The summed E-state index contributed by atoms with van der Waals surface area (Å²) < 4.78 is 34.2. The van der Waals surface area contributed by atoms with E-state index in [1.807, 2.05) is 0 Å². The van der Waals surface area contributed by atoms with Crippen LogP contribution in [0.3, 0.4) is 0 Å². The van der Waals surface area contributed by atoms with Crippen LogP contribution in [-0.2, 0) is 10.0 Å². The highest BCUT2D eigenvalue weighted by atomic mass is 35.5. The molecule has 7 nitrogen and oxygen atoms in total. The van der Waals surface area contributed by atoms with Gasteiger partial charge in [-0.3, -0.25) is 9.52 Å². The molecule has 1 fully saturated rings. The monoisotopic (exact) mass is 519 g/mol. The van der Waals surface area contributed by atoms with Crippen molar-refractivity contribution in [3.8, 4) is 11.5 Å². The molecule has 1 amide bonds. The van der Waals surface area contributed by atoms with Crippen LogP contribution in [0.5, 0.6) is 11.5 Å². The third-order valence-electron chi connectivity index (χ3n) is 5.57. The number of nitrogens with one attached hydrogen (secondary N) is 2. The van der Waals surface area contributed by atoms with E-state index >= 15 is 0 Å². The van der Waals surface area contributed by atoms with Crippen molar-refractivity contribution >= 4 is 44.8 Å². The minimum Gasteiger partial charge on any atom is -0.456 e. The summed E-state index contributed by atoms with van der Waals surface area (Å²) in [5.41, 5.74) is 5.92. The van der Waals surface area contributed by atoms with Crippen LogP contribution in [0.15, 0.2) is 71.6 Å². The first-order valence-electron chi connectivity index (χ1n) is 10.6. The van der Waals surface area contributed by atoms with Gasteiger partial charge in [-0.1, -0.05) is 35.3 Å². The SMILES string of the molecule is NCC1CC(NC(=O)c2cc(Cl)ccc2NS(=O)(=O)c2ccc(Oc3ccccc3Cl)cc2)C1. The fourth-order valence-electron chi connectivity index (χ4n) is 3.65. The van der Waals surface area contributed by atoms with Gasteiger partial charge in [0.05, 0.1) is 21.2 Å². The number of hydrogen-bond donors (Lipinski definition) is 3. The molecule has 0 unspecified atom stereocenters. The van der Waals surface area contributed by atoms with Crippen LogP contribution in [0.4, 0.5) is 5.69 Å². The van der Waals surface area contributed by atoms with E-state index in [0.717, 1.165) is 12.8 Å². The number of para-hydroxylation sites is 1. The minimum atomic E-state index is -3.98. The molecule has 0 bridgehead atoms. The molecule has 3 aromatic rings. The number of amides is 1. The van der Waals surface area contributed by atoms with Crippen LogP contribution in [0.2, 0.25) is 10.0 Å². The fraction of sp³-hybridized carbons (Fsp3) is 0.208. The van der Waals surface area contributed by atoms with Crippen LogP contribution < -0.4 is 20.5 Å². The van der Waals surface area contributed by atoms with Crippen LogP contribution in [0, 0.1) is 5.92 Å². The van der Waals surface area contributed by atoms with E-state index in [1.165, 1.54) is 42.5 Å². The third-order valence-corrected chi connectivity index (χ3v) is 7.50. The van der Waals surface area contributed by atoms with Crippen molar-refractivity contribution in [1.82, 2.24) is 5.32 Å². The van der Waals surface area contributed by atoms with Gasteiger partial charge in [0.25, 0.3) is 15.9 Å². The molecule has 4 N–H and O–H groups in total. The minimum absolute atomic E-state index is 0.00472. The van der Waals surface area contributed by atoms with Crippen molar-refractivity contribution in [2.45, 2.75) is 23.8 Å². The smallest absolute Gasteiger partial charge is 0.261 e. The maximum Gasteiger partial charge on any atom is 0.261 e. The Morgan fingerprint density at radius 3 is 2.41 bits per heavy atom. The topological polar surface area (TPSA) is 111 Å². The van der Waals surface area contributed by atoms with Crippen molar-refractivity contribution < 1.29 is 17.9 Å². The average Bonchev–Trinajstić information content (AvgIpc) is 2.79. The first kappa shape index (κ1) is 24.3. The van der Waals surface area contributed by atoms with Crippen molar-refractivity contribution in [1.29, 1.82) is 0 Å². The fourth-order valence-corrected chi connectivity index (χ4v) is 5.07. The molecule has 4 rings (SSSR count). The molecular formula is C24H23Cl2N3O4S. The van der Waals surface area contributed by atoms with Crippen molar-refractivity contribution in [3.05, 3.63) is 82.3 Å². The second-order valence-electron chi connectivity index (χ2n) is 8.04. The standard InChI is InChI=1S/C24H23Cl2N3O4S/c25-16-5-10-22(20(13-16)24(30)28-17-11-15(12-17)14-27)29-34(31,32)19-8-6-18(7-9-19)33-23-4-2-1-3-21(23)26/h1-10,13,15,17,29H,11-12,14,27H2,(H,28,30). The lowest BCUT2D eigenvalue weighted by molar-refractivity contribution is 0.0893. The highest BCUT2D eigenvalue weighted by molar-refractivity contribution is 7.92. The lowest BCUT2D eigenvalue weighted by atomic mass is 9.80. The maximum atomic E-state index is 13.0. The van der Waals surface area contributed by atoms with E-state index in [1.54, 1.807) is 24.3 Å². The van der Waals surface area contributed by atoms with E-state index < -0.39 is 15.9 Å². The van der Waals surface area contributed by atoms with Crippen LogP contribution in [0.25, 0.3) is 0 Å². The summed E-state index contributed by atoms with van der Waals surface area (Å²) in [7, 11) is -3.98. The number of sulfonamides is 1. The van der Waals surface area contributed by atoms with E-state index in [-0.39, 0.29) is 22.2 Å². The van der Waals surface area contributed by atoms with Crippen LogP contribution in [0.1, 0.15) is 23.2 Å². The van der Waals surface area contributed by atoms with Gasteiger partial charge in [-0.25, -0.2) is 8.42 Å². The van der Waals surface area contributed by atoms with Crippen molar-refractivity contribution in [2.75, 3.05) is 11.3 Å². The molecule has 3 aromatic carbocycles. The summed E-state index contributed by atoms with van der Waals surface area (Å²) in [6, 6.07) is 17.3. The second-order valence-corrected chi connectivity index (χ2v) is 10.6. The molecule has 0 aliphatic heterocycles. The van der Waals surface area contributed by atoms with Gasteiger partial charge < -0.3 is 15.8 Å². The molecule has 1 aliphatic rings. The largest absolute Gasteiger partial charge is 0.456 e. The summed E-state index contributed by atoms with van der Waals surface area (Å²) in [6.07, 6.45) is 1.60. The molecule has 0 atom stereocenters. The number of carbonyl (C=O) groups excluding carboxylic acids is 1. The highest BCUT2D eigenvalue weighted by Gasteiger charge is 2.30.